The number of fused-ring (bicyclic) bond motifs is 1. The zero-order valence-corrected chi connectivity index (χ0v) is 13.2. The Balaban J connectivity index is 1.56. The predicted octanol–water partition coefficient (Wildman–Crippen LogP) is 2.83. The van der Waals surface area contributed by atoms with Gasteiger partial charge in [0.2, 0.25) is 5.91 Å². The van der Waals surface area contributed by atoms with Gasteiger partial charge in [-0.25, -0.2) is 0 Å². The SMILES string of the molecule is O=C(CC1CCc2ccccc21)NC(CO)Cc1ccccc1. The first-order valence-corrected chi connectivity index (χ1v) is 8.28. The van der Waals surface area contributed by atoms with Gasteiger partial charge in [0, 0.05) is 6.42 Å². The van der Waals surface area contributed by atoms with Crippen LogP contribution in [0.15, 0.2) is 54.6 Å². The molecule has 2 N–H and O–H groups in total. The van der Waals surface area contributed by atoms with E-state index in [2.05, 4.69) is 23.5 Å². The standard InChI is InChI=1S/C20H23NO2/c22-14-18(12-15-6-2-1-3-7-15)21-20(23)13-17-11-10-16-8-4-5-9-19(16)17/h1-9,17-18,22H,10-14H2,(H,21,23). The van der Waals surface area contributed by atoms with E-state index >= 15 is 0 Å². The number of nitrogens with one attached hydrogen (secondary N) is 1. The van der Waals surface area contributed by atoms with Gasteiger partial charge in [-0.3, -0.25) is 4.79 Å². The van der Waals surface area contributed by atoms with Gasteiger partial charge in [0.05, 0.1) is 12.6 Å². The van der Waals surface area contributed by atoms with Crippen LogP contribution in [-0.2, 0) is 17.6 Å². The van der Waals surface area contributed by atoms with Gasteiger partial charge < -0.3 is 10.4 Å². The summed E-state index contributed by atoms with van der Waals surface area (Å²) < 4.78 is 0. The van der Waals surface area contributed by atoms with Crippen molar-refractivity contribution in [2.45, 2.75) is 37.6 Å². The monoisotopic (exact) mass is 309 g/mol. The third-order valence-corrected chi connectivity index (χ3v) is 4.60. The Bertz CT molecular complexity index is 654. The molecule has 2 aromatic carbocycles. The number of carbonyl (C=O) groups is 1. The molecule has 23 heavy (non-hydrogen) atoms. The van der Waals surface area contributed by atoms with Gasteiger partial charge in [-0.1, -0.05) is 54.6 Å². The van der Waals surface area contributed by atoms with E-state index in [0.29, 0.717) is 18.8 Å². The molecule has 0 spiro atoms. The molecule has 1 aliphatic carbocycles. The molecule has 2 aromatic rings. The lowest BCUT2D eigenvalue weighted by molar-refractivity contribution is -0.122. The van der Waals surface area contributed by atoms with Gasteiger partial charge in [-0.15, -0.1) is 0 Å². The smallest absolute Gasteiger partial charge is 0.220 e. The van der Waals surface area contributed by atoms with Gasteiger partial charge in [-0.05, 0) is 41.9 Å². The number of hydrogen-bond donors (Lipinski definition) is 2. The van der Waals surface area contributed by atoms with Crippen LogP contribution in [0.25, 0.3) is 0 Å². The second-order valence-corrected chi connectivity index (χ2v) is 6.28. The van der Waals surface area contributed by atoms with Gasteiger partial charge in [-0.2, -0.15) is 0 Å². The molecule has 0 saturated carbocycles. The molecule has 0 radical (unpaired) electrons. The van der Waals surface area contributed by atoms with E-state index in [1.807, 2.05) is 36.4 Å². The predicted molar refractivity (Wildman–Crippen MR) is 91.3 cm³/mol. The van der Waals surface area contributed by atoms with Crippen LogP contribution in [-0.4, -0.2) is 23.7 Å². The normalized spacial score (nSPS) is 17.5. The maximum atomic E-state index is 12.3. The van der Waals surface area contributed by atoms with Crippen LogP contribution in [0, 0.1) is 0 Å². The minimum Gasteiger partial charge on any atom is -0.394 e. The van der Waals surface area contributed by atoms with Gasteiger partial charge in [0.1, 0.15) is 0 Å². The Hall–Kier alpha value is -2.13. The van der Waals surface area contributed by atoms with Gasteiger partial charge in [0.25, 0.3) is 0 Å². The first-order valence-electron chi connectivity index (χ1n) is 8.28. The van der Waals surface area contributed by atoms with Crippen molar-refractivity contribution >= 4 is 5.91 Å². The van der Waals surface area contributed by atoms with Gasteiger partial charge >= 0.3 is 0 Å². The number of aliphatic hydroxyl groups excluding tert-OH is 1. The third kappa shape index (κ3) is 3.99. The van der Waals surface area contributed by atoms with E-state index < -0.39 is 0 Å². The van der Waals surface area contributed by atoms with Crippen molar-refractivity contribution in [2.24, 2.45) is 0 Å². The fourth-order valence-electron chi connectivity index (χ4n) is 3.43. The zero-order valence-electron chi connectivity index (χ0n) is 13.2. The van der Waals surface area contributed by atoms with Crippen molar-refractivity contribution in [1.29, 1.82) is 0 Å². The number of aliphatic hydroxyl groups is 1. The number of carbonyl (C=O) groups excluding carboxylic acids is 1. The van der Waals surface area contributed by atoms with E-state index in [9.17, 15) is 9.90 Å². The summed E-state index contributed by atoms with van der Waals surface area (Å²) in [5.74, 6) is 0.337. The Morgan fingerprint density at radius 2 is 1.87 bits per heavy atom. The fourth-order valence-corrected chi connectivity index (χ4v) is 3.43. The van der Waals surface area contributed by atoms with E-state index in [-0.39, 0.29) is 18.6 Å². The molecule has 2 atom stereocenters. The third-order valence-electron chi connectivity index (χ3n) is 4.60. The molecule has 0 bridgehead atoms. The van der Waals surface area contributed by atoms with E-state index in [1.54, 1.807) is 0 Å². The Labute approximate surface area is 137 Å². The summed E-state index contributed by atoms with van der Waals surface area (Å²) in [5.41, 5.74) is 3.80. The lowest BCUT2D eigenvalue weighted by Crippen LogP contribution is -2.39. The van der Waals surface area contributed by atoms with Crippen molar-refractivity contribution in [1.82, 2.24) is 5.32 Å². The van der Waals surface area contributed by atoms with Gasteiger partial charge in [0.15, 0.2) is 0 Å². The van der Waals surface area contributed by atoms with Crippen LogP contribution in [0.1, 0.15) is 35.4 Å². The summed E-state index contributed by atoms with van der Waals surface area (Å²) in [6.45, 7) is -0.0398. The van der Waals surface area contributed by atoms with Crippen molar-refractivity contribution < 1.29 is 9.90 Å². The Morgan fingerprint density at radius 1 is 1.13 bits per heavy atom. The number of rotatable bonds is 6. The second-order valence-electron chi connectivity index (χ2n) is 6.28. The highest BCUT2D eigenvalue weighted by Gasteiger charge is 2.25. The molecule has 0 aromatic heterocycles. The average Bonchev–Trinajstić information content (AvgIpc) is 2.98. The molecule has 1 aliphatic rings. The first kappa shape index (κ1) is 15.8. The molecule has 1 amide bonds. The fraction of sp³-hybridized carbons (Fsp3) is 0.350. The summed E-state index contributed by atoms with van der Waals surface area (Å²) >= 11 is 0. The van der Waals surface area contributed by atoms with E-state index in [0.717, 1.165) is 18.4 Å². The molecule has 0 heterocycles. The van der Waals surface area contributed by atoms with Crippen LogP contribution in [0.5, 0.6) is 0 Å². The highest BCUT2D eigenvalue weighted by atomic mass is 16.3. The molecule has 3 nitrogen and oxygen atoms in total. The Kier molecular flexibility index (Phi) is 5.09. The zero-order chi connectivity index (χ0) is 16.1. The summed E-state index contributed by atoms with van der Waals surface area (Å²) in [5, 5.41) is 12.5. The number of hydrogen-bond acceptors (Lipinski definition) is 2. The highest BCUT2D eigenvalue weighted by molar-refractivity contribution is 5.77. The van der Waals surface area contributed by atoms with Crippen molar-refractivity contribution in [3.63, 3.8) is 0 Å². The van der Waals surface area contributed by atoms with Crippen LogP contribution in [0.3, 0.4) is 0 Å². The molecular weight excluding hydrogens is 286 g/mol. The lowest BCUT2D eigenvalue weighted by atomic mass is 9.97. The number of benzene rings is 2. The molecule has 3 heteroatoms. The molecule has 0 fully saturated rings. The maximum Gasteiger partial charge on any atom is 0.220 e. The second kappa shape index (κ2) is 7.42. The quantitative estimate of drug-likeness (QED) is 0.862. The molecule has 0 saturated heterocycles. The van der Waals surface area contributed by atoms with E-state index in [1.165, 1.54) is 11.1 Å². The Morgan fingerprint density at radius 3 is 2.65 bits per heavy atom. The minimum atomic E-state index is -0.221. The van der Waals surface area contributed by atoms with Crippen LogP contribution in [0.2, 0.25) is 0 Å². The summed E-state index contributed by atoms with van der Waals surface area (Å²) in [7, 11) is 0. The summed E-state index contributed by atoms with van der Waals surface area (Å²) in [6.07, 6.45) is 3.25. The average molecular weight is 309 g/mol. The van der Waals surface area contributed by atoms with Crippen LogP contribution < -0.4 is 5.32 Å². The molecule has 3 rings (SSSR count). The number of aryl methyl sites for hydroxylation is 1. The van der Waals surface area contributed by atoms with Crippen molar-refractivity contribution in [2.75, 3.05) is 6.61 Å². The molecule has 120 valence electrons. The minimum absolute atomic E-state index is 0.0293. The first-order chi connectivity index (χ1) is 11.3. The molecule has 2 unspecified atom stereocenters. The topological polar surface area (TPSA) is 49.3 Å². The summed E-state index contributed by atoms with van der Waals surface area (Å²) in [4.78, 5) is 12.3. The highest BCUT2D eigenvalue weighted by Crippen LogP contribution is 2.35. The molecule has 0 aliphatic heterocycles. The largest absolute Gasteiger partial charge is 0.394 e. The number of amides is 1. The van der Waals surface area contributed by atoms with E-state index in [4.69, 9.17) is 0 Å². The van der Waals surface area contributed by atoms with Crippen molar-refractivity contribution in [3.05, 3.63) is 71.3 Å². The maximum absolute atomic E-state index is 12.3. The van der Waals surface area contributed by atoms with Crippen LogP contribution >= 0.6 is 0 Å². The van der Waals surface area contributed by atoms with Crippen molar-refractivity contribution in [3.8, 4) is 0 Å². The summed E-state index contributed by atoms with van der Waals surface area (Å²) in [6, 6.07) is 18.1. The van der Waals surface area contributed by atoms with Crippen LogP contribution in [0.4, 0.5) is 0 Å². The molecular formula is C20H23NO2. The lowest BCUT2D eigenvalue weighted by Gasteiger charge is -2.18.